The highest BCUT2D eigenvalue weighted by Crippen LogP contribution is 2.18. The van der Waals surface area contributed by atoms with E-state index < -0.39 is 0 Å². The SMILES string of the molecule is Cc1ncn(C[C@H](C)NC2CCCCC2)c1C. The first-order valence-corrected chi connectivity index (χ1v) is 6.91. The standard InChI is InChI=1S/C14H25N3/c1-11(16-14-7-5-4-6-8-14)9-17-10-15-12(2)13(17)3/h10-11,14,16H,4-9H2,1-3H3/t11-/m0/s1. The minimum atomic E-state index is 0.533. The number of aromatic nitrogens is 2. The van der Waals surface area contributed by atoms with Crippen LogP contribution in [0.15, 0.2) is 6.33 Å². The number of nitrogens with zero attached hydrogens (tertiary/aromatic N) is 2. The highest BCUT2D eigenvalue weighted by atomic mass is 15.1. The Morgan fingerprint density at radius 3 is 2.65 bits per heavy atom. The number of rotatable bonds is 4. The predicted molar refractivity (Wildman–Crippen MR) is 71.2 cm³/mol. The molecule has 3 heteroatoms. The van der Waals surface area contributed by atoms with Crippen molar-refractivity contribution < 1.29 is 0 Å². The molecule has 3 nitrogen and oxygen atoms in total. The Morgan fingerprint density at radius 1 is 1.35 bits per heavy atom. The minimum Gasteiger partial charge on any atom is -0.333 e. The predicted octanol–water partition coefficient (Wildman–Crippen LogP) is 2.81. The summed E-state index contributed by atoms with van der Waals surface area (Å²) >= 11 is 0. The summed E-state index contributed by atoms with van der Waals surface area (Å²) in [6.07, 6.45) is 8.88. The first-order valence-electron chi connectivity index (χ1n) is 6.91. The van der Waals surface area contributed by atoms with Gasteiger partial charge in [-0.3, -0.25) is 0 Å². The Kier molecular flexibility index (Phi) is 4.21. The molecule has 1 heterocycles. The van der Waals surface area contributed by atoms with Crippen molar-refractivity contribution in [1.82, 2.24) is 14.9 Å². The third-order valence-electron chi connectivity index (χ3n) is 3.94. The van der Waals surface area contributed by atoms with E-state index in [0.717, 1.165) is 18.3 Å². The van der Waals surface area contributed by atoms with Crippen molar-refractivity contribution in [3.63, 3.8) is 0 Å². The highest BCUT2D eigenvalue weighted by molar-refractivity contribution is 5.08. The first kappa shape index (κ1) is 12.6. The summed E-state index contributed by atoms with van der Waals surface area (Å²) in [4.78, 5) is 4.35. The van der Waals surface area contributed by atoms with Gasteiger partial charge in [-0.2, -0.15) is 0 Å². The van der Waals surface area contributed by atoms with Crippen LogP contribution in [0, 0.1) is 13.8 Å². The number of hydrogen-bond donors (Lipinski definition) is 1. The molecule has 0 unspecified atom stereocenters. The average molecular weight is 235 g/mol. The molecule has 1 N–H and O–H groups in total. The number of aryl methyl sites for hydroxylation is 1. The van der Waals surface area contributed by atoms with Gasteiger partial charge in [0.25, 0.3) is 0 Å². The van der Waals surface area contributed by atoms with Gasteiger partial charge in [0.05, 0.1) is 12.0 Å². The van der Waals surface area contributed by atoms with E-state index in [0.29, 0.717) is 6.04 Å². The Labute approximate surface area is 105 Å². The van der Waals surface area contributed by atoms with Crippen LogP contribution in [0.3, 0.4) is 0 Å². The fraction of sp³-hybridized carbons (Fsp3) is 0.786. The van der Waals surface area contributed by atoms with E-state index in [2.05, 4.69) is 35.6 Å². The second kappa shape index (κ2) is 5.67. The second-order valence-corrected chi connectivity index (χ2v) is 5.47. The maximum absolute atomic E-state index is 4.35. The molecule has 2 rings (SSSR count). The van der Waals surface area contributed by atoms with Gasteiger partial charge in [0.2, 0.25) is 0 Å². The second-order valence-electron chi connectivity index (χ2n) is 5.47. The largest absolute Gasteiger partial charge is 0.333 e. The third-order valence-corrected chi connectivity index (χ3v) is 3.94. The molecule has 1 fully saturated rings. The van der Waals surface area contributed by atoms with E-state index >= 15 is 0 Å². The Morgan fingerprint density at radius 2 is 2.06 bits per heavy atom. The van der Waals surface area contributed by atoms with E-state index in [1.54, 1.807) is 0 Å². The minimum absolute atomic E-state index is 0.533. The highest BCUT2D eigenvalue weighted by Gasteiger charge is 2.16. The molecule has 1 aromatic rings. The van der Waals surface area contributed by atoms with Crippen molar-refractivity contribution in [2.24, 2.45) is 0 Å². The Balaban J connectivity index is 1.84. The summed E-state index contributed by atoms with van der Waals surface area (Å²) in [6.45, 7) is 7.53. The van der Waals surface area contributed by atoms with Gasteiger partial charge >= 0.3 is 0 Å². The fourth-order valence-electron chi connectivity index (χ4n) is 2.75. The quantitative estimate of drug-likeness (QED) is 0.869. The summed E-state index contributed by atoms with van der Waals surface area (Å²) < 4.78 is 2.26. The van der Waals surface area contributed by atoms with Crippen LogP contribution in [0.4, 0.5) is 0 Å². The Bertz CT molecular complexity index is 350. The monoisotopic (exact) mass is 235 g/mol. The van der Waals surface area contributed by atoms with Crippen LogP contribution in [0.5, 0.6) is 0 Å². The molecule has 0 radical (unpaired) electrons. The maximum Gasteiger partial charge on any atom is 0.0951 e. The molecule has 0 bridgehead atoms. The van der Waals surface area contributed by atoms with Crippen LogP contribution >= 0.6 is 0 Å². The first-order chi connectivity index (χ1) is 8.16. The van der Waals surface area contributed by atoms with E-state index in [-0.39, 0.29) is 0 Å². The van der Waals surface area contributed by atoms with Crippen molar-refractivity contribution in [2.45, 2.75) is 71.5 Å². The smallest absolute Gasteiger partial charge is 0.0951 e. The van der Waals surface area contributed by atoms with Crippen LogP contribution in [0.2, 0.25) is 0 Å². The van der Waals surface area contributed by atoms with Crippen LogP contribution in [-0.4, -0.2) is 21.6 Å². The lowest BCUT2D eigenvalue weighted by Crippen LogP contribution is -2.40. The van der Waals surface area contributed by atoms with E-state index in [1.165, 1.54) is 37.8 Å². The van der Waals surface area contributed by atoms with E-state index in [4.69, 9.17) is 0 Å². The van der Waals surface area contributed by atoms with Crippen LogP contribution in [0.1, 0.15) is 50.4 Å². The summed E-state index contributed by atoms with van der Waals surface area (Å²) in [7, 11) is 0. The zero-order chi connectivity index (χ0) is 12.3. The number of imidazole rings is 1. The molecule has 0 saturated heterocycles. The molecule has 1 atom stereocenters. The summed E-state index contributed by atoms with van der Waals surface area (Å²) in [5.41, 5.74) is 2.44. The lowest BCUT2D eigenvalue weighted by Gasteiger charge is -2.27. The van der Waals surface area contributed by atoms with Gasteiger partial charge in [0.15, 0.2) is 0 Å². The van der Waals surface area contributed by atoms with Crippen LogP contribution in [0.25, 0.3) is 0 Å². The Hall–Kier alpha value is -0.830. The van der Waals surface area contributed by atoms with Crippen molar-refractivity contribution >= 4 is 0 Å². The van der Waals surface area contributed by atoms with Crippen molar-refractivity contribution in [2.75, 3.05) is 0 Å². The lowest BCUT2D eigenvalue weighted by molar-refractivity contribution is 0.328. The fourth-order valence-corrected chi connectivity index (χ4v) is 2.75. The normalized spacial score (nSPS) is 19.5. The lowest BCUT2D eigenvalue weighted by atomic mass is 9.95. The molecule has 0 aliphatic heterocycles. The van der Waals surface area contributed by atoms with Gasteiger partial charge in [-0.15, -0.1) is 0 Å². The third kappa shape index (κ3) is 3.32. The van der Waals surface area contributed by atoms with Crippen LogP contribution < -0.4 is 5.32 Å². The van der Waals surface area contributed by atoms with E-state index in [1.807, 2.05) is 6.33 Å². The molecular weight excluding hydrogens is 210 g/mol. The summed E-state index contributed by atoms with van der Waals surface area (Å²) in [5, 5.41) is 3.76. The molecule has 96 valence electrons. The molecule has 1 aliphatic rings. The molecule has 0 amide bonds. The van der Waals surface area contributed by atoms with Gasteiger partial charge < -0.3 is 9.88 Å². The van der Waals surface area contributed by atoms with Crippen molar-refractivity contribution in [3.05, 3.63) is 17.7 Å². The molecule has 1 aliphatic carbocycles. The molecule has 0 aromatic carbocycles. The number of hydrogen-bond acceptors (Lipinski definition) is 2. The molecule has 1 aromatic heterocycles. The number of nitrogens with one attached hydrogen (secondary N) is 1. The zero-order valence-corrected chi connectivity index (χ0v) is 11.4. The van der Waals surface area contributed by atoms with Gasteiger partial charge in [-0.05, 0) is 33.6 Å². The zero-order valence-electron chi connectivity index (χ0n) is 11.4. The van der Waals surface area contributed by atoms with Crippen molar-refractivity contribution in [3.8, 4) is 0 Å². The summed E-state index contributed by atoms with van der Waals surface area (Å²) in [6, 6.07) is 1.27. The van der Waals surface area contributed by atoms with Crippen molar-refractivity contribution in [1.29, 1.82) is 0 Å². The van der Waals surface area contributed by atoms with Gasteiger partial charge in [-0.1, -0.05) is 19.3 Å². The molecule has 0 spiro atoms. The average Bonchev–Trinajstić information content (AvgIpc) is 2.62. The molecular formula is C14H25N3. The summed E-state index contributed by atoms with van der Waals surface area (Å²) in [5.74, 6) is 0. The molecule has 17 heavy (non-hydrogen) atoms. The van der Waals surface area contributed by atoms with E-state index in [9.17, 15) is 0 Å². The molecule has 1 saturated carbocycles. The van der Waals surface area contributed by atoms with Gasteiger partial charge in [-0.25, -0.2) is 4.98 Å². The maximum atomic E-state index is 4.35. The van der Waals surface area contributed by atoms with Crippen LogP contribution in [-0.2, 0) is 6.54 Å². The topological polar surface area (TPSA) is 29.9 Å². The van der Waals surface area contributed by atoms with Gasteiger partial charge in [0.1, 0.15) is 0 Å². The van der Waals surface area contributed by atoms with Gasteiger partial charge in [0, 0.05) is 24.3 Å².